The van der Waals surface area contributed by atoms with E-state index in [2.05, 4.69) is 25.9 Å². The van der Waals surface area contributed by atoms with Crippen LogP contribution >= 0.6 is 27.5 Å². The van der Waals surface area contributed by atoms with E-state index in [1.807, 2.05) is 18.7 Å². The second kappa shape index (κ2) is 8.27. The molecule has 11 heteroatoms. The van der Waals surface area contributed by atoms with Crippen LogP contribution in [0.3, 0.4) is 0 Å². The molecule has 1 fully saturated rings. The number of halogens is 5. The normalized spacial score (nSPS) is 20.3. The second-order valence-corrected chi connectivity index (χ2v) is 9.84. The standard InChI is InChI=1S/C20H23BrClF3N4O2/c1-10-9-29(18(30)31-19(3,4)5)11(2)8-28(10)16-12-6-13(20(23,24)25)14(21)7-15(12)26-17(22)27-16/h6-7,10-11H,8-9H2,1-5H3/t10?,11-/m0/s1. The molecule has 3 rings (SSSR count). The molecule has 1 unspecified atom stereocenters. The largest absolute Gasteiger partial charge is 0.444 e. The van der Waals surface area contributed by atoms with Gasteiger partial charge in [-0.15, -0.1) is 0 Å². The van der Waals surface area contributed by atoms with Crippen LogP contribution < -0.4 is 4.90 Å². The lowest BCUT2D eigenvalue weighted by Crippen LogP contribution is -2.59. The van der Waals surface area contributed by atoms with Crippen molar-refractivity contribution < 1.29 is 22.7 Å². The summed E-state index contributed by atoms with van der Waals surface area (Å²) in [4.78, 5) is 24.4. The van der Waals surface area contributed by atoms with Crippen molar-refractivity contribution in [1.29, 1.82) is 0 Å². The van der Waals surface area contributed by atoms with Crippen molar-refractivity contribution in [2.45, 2.75) is 58.5 Å². The second-order valence-electron chi connectivity index (χ2n) is 8.65. The van der Waals surface area contributed by atoms with E-state index in [-0.39, 0.29) is 27.2 Å². The van der Waals surface area contributed by atoms with Gasteiger partial charge in [-0.1, -0.05) is 15.9 Å². The Kier molecular flexibility index (Phi) is 6.36. The van der Waals surface area contributed by atoms with Gasteiger partial charge in [0.05, 0.1) is 11.1 Å². The van der Waals surface area contributed by atoms with E-state index in [4.69, 9.17) is 16.3 Å². The number of aromatic nitrogens is 2. The highest BCUT2D eigenvalue weighted by Crippen LogP contribution is 2.39. The van der Waals surface area contributed by atoms with Crippen molar-refractivity contribution >= 4 is 50.3 Å². The van der Waals surface area contributed by atoms with Gasteiger partial charge in [-0.3, -0.25) is 0 Å². The van der Waals surface area contributed by atoms with Gasteiger partial charge in [0.15, 0.2) is 0 Å². The quantitative estimate of drug-likeness (QED) is 0.436. The van der Waals surface area contributed by atoms with E-state index in [0.717, 1.165) is 6.07 Å². The van der Waals surface area contributed by atoms with Crippen LogP contribution in [0.25, 0.3) is 10.9 Å². The summed E-state index contributed by atoms with van der Waals surface area (Å²) in [5.74, 6) is 0.302. The van der Waals surface area contributed by atoms with Crippen LogP contribution in [0.4, 0.5) is 23.8 Å². The Balaban J connectivity index is 2.01. The minimum Gasteiger partial charge on any atom is -0.444 e. The Morgan fingerprint density at radius 2 is 1.81 bits per heavy atom. The van der Waals surface area contributed by atoms with Crippen molar-refractivity contribution in [2.24, 2.45) is 0 Å². The van der Waals surface area contributed by atoms with Crippen LogP contribution in [-0.4, -0.2) is 51.7 Å². The minimum absolute atomic E-state index is 0.0661. The predicted molar refractivity (Wildman–Crippen MR) is 116 cm³/mol. The predicted octanol–water partition coefficient (Wildman–Crippen LogP) is 5.90. The fourth-order valence-electron chi connectivity index (χ4n) is 3.54. The highest BCUT2D eigenvalue weighted by molar-refractivity contribution is 9.10. The molecule has 1 aliphatic heterocycles. The number of alkyl halides is 3. The van der Waals surface area contributed by atoms with Crippen LogP contribution in [0.2, 0.25) is 5.28 Å². The number of hydrogen-bond donors (Lipinski definition) is 0. The monoisotopic (exact) mass is 522 g/mol. The zero-order chi connectivity index (χ0) is 23.3. The summed E-state index contributed by atoms with van der Waals surface area (Å²) >= 11 is 9.06. The van der Waals surface area contributed by atoms with Crippen molar-refractivity contribution in [3.8, 4) is 0 Å². The Morgan fingerprint density at radius 3 is 2.39 bits per heavy atom. The highest BCUT2D eigenvalue weighted by atomic mass is 79.9. The van der Waals surface area contributed by atoms with Gasteiger partial charge >= 0.3 is 12.3 Å². The molecule has 1 aliphatic rings. The maximum absolute atomic E-state index is 13.5. The third-order valence-electron chi connectivity index (χ3n) is 4.93. The summed E-state index contributed by atoms with van der Waals surface area (Å²) in [6.07, 6.45) is -4.97. The van der Waals surface area contributed by atoms with Crippen molar-refractivity contribution in [1.82, 2.24) is 14.9 Å². The third-order valence-corrected chi connectivity index (χ3v) is 5.75. The van der Waals surface area contributed by atoms with Gasteiger partial charge in [0, 0.05) is 35.0 Å². The summed E-state index contributed by atoms with van der Waals surface area (Å²) in [7, 11) is 0. The average Bonchev–Trinajstić information content (AvgIpc) is 2.59. The SMILES string of the molecule is CC1CN(C(=O)OC(C)(C)C)[C@@H](C)CN1c1nc(Cl)nc2cc(Br)c(C(F)(F)F)cc12. The lowest BCUT2D eigenvalue weighted by molar-refractivity contribution is -0.138. The average molecular weight is 524 g/mol. The molecule has 31 heavy (non-hydrogen) atoms. The Morgan fingerprint density at radius 1 is 1.16 bits per heavy atom. The number of hydrogen-bond acceptors (Lipinski definition) is 5. The number of ether oxygens (including phenoxy) is 1. The molecule has 0 spiro atoms. The van der Waals surface area contributed by atoms with Gasteiger partial charge in [0.25, 0.3) is 0 Å². The van der Waals surface area contributed by atoms with E-state index in [1.54, 1.807) is 25.7 Å². The molecule has 1 aromatic heterocycles. The van der Waals surface area contributed by atoms with Crippen molar-refractivity contribution in [2.75, 3.05) is 18.0 Å². The first-order chi connectivity index (χ1) is 14.2. The number of piperazine rings is 1. The van der Waals surface area contributed by atoms with Gasteiger partial charge in [0.2, 0.25) is 5.28 Å². The first kappa shape index (κ1) is 23.8. The summed E-state index contributed by atoms with van der Waals surface area (Å²) in [5.41, 5.74) is -1.15. The zero-order valence-corrected chi connectivity index (χ0v) is 20.1. The van der Waals surface area contributed by atoms with Crippen LogP contribution in [0.15, 0.2) is 16.6 Å². The first-order valence-electron chi connectivity index (χ1n) is 9.67. The third kappa shape index (κ3) is 5.16. The van der Waals surface area contributed by atoms with Gasteiger partial charge < -0.3 is 14.5 Å². The maximum atomic E-state index is 13.5. The van der Waals surface area contributed by atoms with Gasteiger partial charge in [0.1, 0.15) is 11.4 Å². The molecule has 1 aromatic carbocycles. The highest BCUT2D eigenvalue weighted by Gasteiger charge is 2.37. The van der Waals surface area contributed by atoms with E-state index in [9.17, 15) is 18.0 Å². The molecule has 2 heterocycles. The van der Waals surface area contributed by atoms with Crippen LogP contribution in [0, 0.1) is 0 Å². The zero-order valence-electron chi connectivity index (χ0n) is 17.7. The van der Waals surface area contributed by atoms with Crippen molar-refractivity contribution in [3.05, 3.63) is 27.5 Å². The molecule has 2 atom stereocenters. The van der Waals surface area contributed by atoms with E-state index in [0.29, 0.717) is 24.4 Å². The Labute approximate surface area is 191 Å². The first-order valence-corrected chi connectivity index (χ1v) is 10.8. The van der Waals surface area contributed by atoms with Gasteiger partial charge in [-0.2, -0.15) is 18.2 Å². The molecule has 1 amide bonds. The van der Waals surface area contributed by atoms with Gasteiger partial charge in [-0.05, 0) is 58.4 Å². The molecule has 0 aliphatic carbocycles. The number of anilines is 1. The fourth-order valence-corrected chi connectivity index (χ4v) is 4.27. The molecule has 1 saturated heterocycles. The Hall–Kier alpha value is -1.81. The smallest absolute Gasteiger partial charge is 0.417 e. The van der Waals surface area contributed by atoms with Crippen LogP contribution in [-0.2, 0) is 10.9 Å². The minimum atomic E-state index is -4.54. The lowest BCUT2D eigenvalue weighted by atomic mass is 10.1. The summed E-state index contributed by atoms with van der Waals surface area (Å²) in [6, 6.07) is 1.83. The number of carbonyl (C=O) groups excluding carboxylic acids is 1. The van der Waals surface area contributed by atoms with E-state index < -0.39 is 23.4 Å². The summed E-state index contributed by atoms with van der Waals surface area (Å²) in [5, 5.41) is 0.174. The van der Waals surface area contributed by atoms with Crippen LogP contribution in [0.1, 0.15) is 40.2 Å². The topological polar surface area (TPSA) is 58.6 Å². The molecule has 0 bridgehead atoms. The fraction of sp³-hybridized carbons (Fsp3) is 0.550. The summed E-state index contributed by atoms with van der Waals surface area (Å²) < 4.78 is 45.8. The molecule has 0 N–H and O–H groups in total. The van der Waals surface area contributed by atoms with Crippen molar-refractivity contribution in [3.63, 3.8) is 0 Å². The van der Waals surface area contributed by atoms with E-state index in [1.165, 1.54) is 6.07 Å². The molecular weight excluding hydrogens is 501 g/mol. The lowest BCUT2D eigenvalue weighted by Gasteiger charge is -2.45. The Bertz CT molecular complexity index is 1010. The summed E-state index contributed by atoms with van der Waals surface area (Å²) in [6.45, 7) is 9.77. The molecule has 2 aromatic rings. The molecule has 0 saturated carbocycles. The number of amides is 1. The molecule has 0 radical (unpaired) electrons. The number of fused-ring (bicyclic) bond motifs is 1. The molecule has 170 valence electrons. The number of benzene rings is 1. The number of carbonyl (C=O) groups is 1. The maximum Gasteiger partial charge on any atom is 0.417 e. The van der Waals surface area contributed by atoms with E-state index >= 15 is 0 Å². The number of rotatable bonds is 1. The number of nitrogens with zero attached hydrogens (tertiary/aromatic N) is 4. The van der Waals surface area contributed by atoms with Crippen LogP contribution in [0.5, 0.6) is 0 Å². The molecular formula is C20H23BrClF3N4O2. The van der Waals surface area contributed by atoms with Gasteiger partial charge in [-0.25, -0.2) is 9.78 Å². The molecule has 6 nitrogen and oxygen atoms in total.